The van der Waals surface area contributed by atoms with E-state index in [0.717, 1.165) is 24.3 Å². The van der Waals surface area contributed by atoms with Gasteiger partial charge in [-0.05, 0) is 30.3 Å². The minimum atomic E-state index is -1.36. The van der Waals surface area contributed by atoms with E-state index in [1.807, 2.05) is 0 Å². The third-order valence-corrected chi connectivity index (χ3v) is 2.97. The van der Waals surface area contributed by atoms with Gasteiger partial charge in [-0.3, -0.25) is 4.79 Å². The highest BCUT2D eigenvalue weighted by molar-refractivity contribution is 6.34. The number of halogens is 3. The number of carboxylic acids is 1. The molecule has 0 spiro atoms. The molecule has 2 aromatic rings. The van der Waals surface area contributed by atoms with Crippen molar-refractivity contribution in [2.45, 2.75) is 0 Å². The van der Waals surface area contributed by atoms with Crippen molar-refractivity contribution < 1.29 is 23.5 Å². The van der Waals surface area contributed by atoms with E-state index in [0.29, 0.717) is 0 Å². The second-order valence-electron chi connectivity index (χ2n) is 4.05. The van der Waals surface area contributed by atoms with Gasteiger partial charge >= 0.3 is 5.97 Å². The van der Waals surface area contributed by atoms with Crippen LogP contribution in [0.15, 0.2) is 36.4 Å². The van der Waals surface area contributed by atoms with E-state index in [4.69, 9.17) is 16.7 Å². The summed E-state index contributed by atoms with van der Waals surface area (Å²) in [6.07, 6.45) is 0. The third kappa shape index (κ3) is 3.17. The largest absolute Gasteiger partial charge is 0.478 e. The fourth-order valence-electron chi connectivity index (χ4n) is 1.71. The lowest BCUT2D eigenvalue weighted by molar-refractivity contribution is 0.0698. The fraction of sp³-hybridized carbons (Fsp3) is 0. The highest BCUT2D eigenvalue weighted by Crippen LogP contribution is 2.23. The van der Waals surface area contributed by atoms with E-state index in [9.17, 15) is 18.4 Å². The number of rotatable bonds is 3. The molecular weight excluding hydrogens is 304 g/mol. The van der Waals surface area contributed by atoms with Gasteiger partial charge in [0.15, 0.2) is 0 Å². The highest BCUT2D eigenvalue weighted by Gasteiger charge is 2.19. The molecule has 108 valence electrons. The van der Waals surface area contributed by atoms with Crippen molar-refractivity contribution in [1.29, 1.82) is 0 Å². The van der Waals surface area contributed by atoms with Crippen molar-refractivity contribution in [1.82, 2.24) is 0 Å². The number of carbonyl (C=O) groups is 2. The zero-order valence-corrected chi connectivity index (χ0v) is 11.1. The predicted octanol–water partition coefficient (Wildman–Crippen LogP) is 3.57. The average molecular weight is 312 g/mol. The van der Waals surface area contributed by atoms with E-state index < -0.39 is 29.1 Å². The molecule has 0 saturated carbocycles. The Balaban J connectivity index is 2.40. The first-order chi connectivity index (χ1) is 9.90. The van der Waals surface area contributed by atoms with E-state index in [-0.39, 0.29) is 16.3 Å². The number of hydrogen-bond donors (Lipinski definition) is 2. The molecule has 2 N–H and O–H groups in total. The van der Waals surface area contributed by atoms with E-state index in [2.05, 4.69) is 5.32 Å². The minimum absolute atomic E-state index is 0.138. The number of nitrogens with one attached hydrogen (secondary N) is 1. The van der Waals surface area contributed by atoms with Crippen LogP contribution in [-0.4, -0.2) is 17.0 Å². The molecule has 0 bridgehead atoms. The smallest absolute Gasteiger partial charge is 0.337 e. The summed E-state index contributed by atoms with van der Waals surface area (Å²) in [5, 5.41) is 11.0. The summed E-state index contributed by atoms with van der Waals surface area (Å²) in [7, 11) is 0. The van der Waals surface area contributed by atoms with Gasteiger partial charge in [-0.15, -0.1) is 0 Å². The predicted molar refractivity (Wildman–Crippen MR) is 72.7 cm³/mol. The molecule has 2 rings (SSSR count). The Kier molecular flexibility index (Phi) is 4.18. The number of anilines is 1. The second kappa shape index (κ2) is 5.88. The molecule has 0 aliphatic carbocycles. The summed E-state index contributed by atoms with van der Waals surface area (Å²) in [4.78, 5) is 23.0. The first-order valence-electron chi connectivity index (χ1n) is 5.68. The van der Waals surface area contributed by atoms with Crippen molar-refractivity contribution in [3.05, 3.63) is 64.2 Å². The van der Waals surface area contributed by atoms with E-state index in [1.54, 1.807) is 0 Å². The molecule has 0 aliphatic rings. The molecule has 4 nitrogen and oxygen atoms in total. The molecule has 21 heavy (non-hydrogen) atoms. The van der Waals surface area contributed by atoms with Gasteiger partial charge in [0.25, 0.3) is 5.91 Å². The zero-order chi connectivity index (χ0) is 15.6. The molecule has 0 saturated heterocycles. The Morgan fingerprint density at radius 1 is 1.14 bits per heavy atom. The zero-order valence-electron chi connectivity index (χ0n) is 10.4. The molecule has 0 radical (unpaired) electrons. The van der Waals surface area contributed by atoms with E-state index >= 15 is 0 Å². The number of carbonyl (C=O) groups excluding carboxylic acids is 1. The maximum Gasteiger partial charge on any atom is 0.337 e. The highest BCUT2D eigenvalue weighted by atomic mass is 35.5. The second-order valence-corrected chi connectivity index (χ2v) is 4.45. The number of benzene rings is 2. The van der Waals surface area contributed by atoms with Gasteiger partial charge in [0.1, 0.15) is 11.6 Å². The van der Waals surface area contributed by atoms with Gasteiger partial charge in [0.05, 0.1) is 21.8 Å². The van der Waals surface area contributed by atoms with Crippen molar-refractivity contribution >= 4 is 29.2 Å². The normalized spacial score (nSPS) is 10.2. The molecule has 0 unspecified atom stereocenters. The SMILES string of the molecule is O=C(O)c1ccc(F)cc1NC(=O)c1c(F)cccc1Cl. The van der Waals surface area contributed by atoms with Crippen molar-refractivity contribution in [3.63, 3.8) is 0 Å². The van der Waals surface area contributed by atoms with Crippen LogP contribution in [0.3, 0.4) is 0 Å². The summed E-state index contributed by atoms with van der Waals surface area (Å²) >= 11 is 5.73. The van der Waals surface area contributed by atoms with Crippen molar-refractivity contribution in [2.75, 3.05) is 5.32 Å². The molecule has 0 atom stereocenters. The molecule has 0 fully saturated rings. The Bertz CT molecular complexity index is 714. The Morgan fingerprint density at radius 2 is 1.86 bits per heavy atom. The van der Waals surface area contributed by atoms with Crippen LogP contribution in [0.4, 0.5) is 14.5 Å². The van der Waals surface area contributed by atoms with Crippen molar-refractivity contribution in [3.8, 4) is 0 Å². The quantitative estimate of drug-likeness (QED) is 0.910. The summed E-state index contributed by atoms with van der Waals surface area (Å²) in [5.74, 6) is -3.93. The molecule has 7 heteroatoms. The van der Waals surface area contributed by atoms with Crippen LogP contribution >= 0.6 is 11.6 Å². The van der Waals surface area contributed by atoms with Crippen LogP contribution in [-0.2, 0) is 0 Å². The molecule has 0 heterocycles. The summed E-state index contributed by atoms with van der Waals surface area (Å²) in [6, 6.07) is 6.43. The van der Waals surface area contributed by atoms with Crippen LogP contribution in [0.2, 0.25) is 5.02 Å². The third-order valence-electron chi connectivity index (χ3n) is 2.65. The lowest BCUT2D eigenvalue weighted by Crippen LogP contribution is -2.17. The van der Waals surface area contributed by atoms with Gasteiger partial charge in [-0.1, -0.05) is 17.7 Å². The minimum Gasteiger partial charge on any atom is -0.478 e. The Morgan fingerprint density at radius 3 is 2.48 bits per heavy atom. The monoisotopic (exact) mass is 311 g/mol. The van der Waals surface area contributed by atoms with Crippen molar-refractivity contribution in [2.24, 2.45) is 0 Å². The van der Waals surface area contributed by atoms with Crippen LogP contribution in [0.25, 0.3) is 0 Å². The summed E-state index contributed by atoms with van der Waals surface area (Å²) < 4.78 is 26.8. The van der Waals surface area contributed by atoms with Gasteiger partial charge in [-0.25, -0.2) is 13.6 Å². The first-order valence-corrected chi connectivity index (χ1v) is 6.06. The Labute approximate surface area is 123 Å². The lowest BCUT2D eigenvalue weighted by Gasteiger charge is -2.10. The molecular formula is C14H8ClF2NO3. The molecule has 2 aromatic carbocycles. The maximum absolute atomic E-state index is 13.6. The maximum atomic E-state index is 13.6. The van der Waals surface area contributed by atoms with Gasteiger partial charge in [0, 0.05) is 0 Å². The number of carboxylic acid groups (broad SMARTS) is 1. The molecule has 1 amide bonds. The van der Waals surface area contributed by atoms with Crippen LogP contribution in [0, 0.1) is 11.6 Å². The Hall–Kier alpha value is -2.47. The first kappa shape index (κ1) is 14.9. The number of aromatic carboxylic acids is 1. The van der Waals surface area contributed by atoms with Crippen LogP contribution in [0.1, 0.15) is 20.7 Å². The summed E-state index contributed by atoms with van der Waals surface area (Å²) in [6.45, 7) is 0. The summed E-state index contributed by atoms with van der Waals surface area (Å²) in [5.41, 5.74) is -1.05. The molecule has 0 aliphatic heterocycles. The van der Waals surface area contributed by atoms with Gasteiger partial charge < -0.3 is 10.4 Å². The number of hydrogen-bond acceptors (Lipinski definition) is 2. The van der Waals surface area contributed by atoms with Crippen LogP contribution < -0.4 is 5.32 Å². The standard InChI is InChI=1S/C14H8ClF2NO3/c15-9-2-1-3-10(17)12(9)13(19)18-11-6-7(16)4-5-8(11)14(20)21/h1-6H,(H,18,19)(H,20,21). The van der Waals surface area contributed by atoms with E-state index in [1.165, 1.54) is 12.1 Å². The van der Waals surface area contributed by atoms with Gasteiger partial charge in [-0.2, -0.15) is 0 Å². The fourth-order valence-corrected chi connectivity index (χ4v) is 1.95. The average Bonchev–Trinajstić information content (AvgIpc) is 2.38. The lowest BCUT2D eigenvalue weighted by atomic mass is 10.1. The number of amides is 1. The topological polar surface area (TPSA) is 66.4 Å². The van der Waals surface area contributed by atoms with Crippen LogP contribution in [0.5, 0.6) is 0 Å². The van der Waals surface area contributed by atoms with Gasteiger partial charge in [0.2, 0.25) is 0 Å². The molecule has 0 aromatic heterocycles.